The Kier molecular flexibility index (Phi) is 13.2. The first-order valence-corrected chi connectivity index (χ1v) is 13.4. The van der Waals surface area contributed by atoms with E-state index < -0.39 is 54.0 Å². The van der Waals surface area contributed by atoms with Gasteiger partial charge in [0.15, 0.2) is 5.96 Å². The van der Waals surface area contributed by atoms with Gasteiger partial charge in [0, 0.05) is 31.6 Å². The van der Waals surface area contributed by atoms with Crippen LogP contribution in [0.5, 0.6) is 0 Å². The van der Waals surface area contributed by atoms with Gasteiger partial charge in [-0.15, -0.1) is 0 Å². The fourth-order valence-electron chi connectivity index (χ4n) is 4.22. The largest absolute Gasteiger partial charge is 0.481 e. The van der Waals surface area contributed by atoms with Gasteiger partial charge in [-0.2, -0.15) is 0 Å². The number of nitrogens with zero attached hydrogens (tertiary/aromatic N) is 2. The normalized spacial score (nSPS) is 15.0. The number of carbonyl (C=O) groups excluding carboxylic acids is 4. The molecule has 1 aromatic rings. The topological polar surface area (TPSA) is 282 Å². The van der Waals surface area contributed by atoms with Crippen molar-refractivity contribution in [2.75, 3.05) is 32.8 Å². The summed E-state index contributed by atoms with van der Waals surface area (Å²) in [6.07, 6.45) is -0.429. The van der Waals surface area contributed by atoms with Crippen LogP contribution in [0.3, 0.4) is 0 Å². The third-order valence-corrected chi connectivity index (χ3v) is 6.53. The summed E-state index contributed by atoms with van der Waals surface area (Å²) in [7, 11) is 0. The number of nitrogens with two attached hydrogens (primary N) is 4. The Bertz CT molecular complexity index is 1160. The molecular formula is C26H39N9O7. The van der Waals surface area contributed by atoms with Gasteiger partial charge < -0.3 is 48.3 Å². The van der Waals surface area contributed by atoms with Crippen molar-refractivity contribution in [3.63, 3.8) is 0 Å². The number of ether oxygens (including phenoxy) is 1. The number of hydrogen-bond acceptors (Lipinski definition) is 8. The zero-order valence-corrected chi connectivity index (χ0v) is 23.2. The monoisotopic (exact) mass is 589 g/mol. The number of carbonyl (C=O) groups is 5. The van der Waals surface area contributed by atoms with E-state index in [0.717, 1.165) is 0 Å². The Balaban J connectivity index is 2.25. The Morgan fingerprint density at radius 3 is 2.12 bits per heavy atom. The van der Waals surface area contributed by atoms with Crippen LogP contribution in [-0.4, -0.2) is 96.3 Å². The van der Waals surface area contributed by atoms with Crippen molar-refractivity contribution in [3.05, 3.63) is 35.4 Å². The summed E-state index contributed by atoms with van der Waals surface area (Å²) in [6, 6.07) is 3.93. The minimum atomic E-state index is -1.38. The van der Waals surface area contributed by atoms with E-state index in [9.17, 15) is 29.1 Å². The van der Waals surface area contributed by atoms with E-state index in [1.807, 2.05) is 0 Å². The first-order valence-electron chi connectivity index (χ1n) is 13.4. The number of nitrogen functional groups attached to an aromatic ring is 1. The average molecular weight is 590 g/mol. The second kappa shape index (κ2) is 16.5. The number of nitrogens with one attached hydrogen (secondary N) is 3. The average Bonchev–Trinajstić information content (AvgIpc) is 2.95. The van der Waals surface area contributed by atoms with E-state index in [2.05, 4.69) is 15.6 Å². The highest BCUT2D eigenvalue weighted by Crippen LogP contribution is 2.16. The summed E-state index contributed by atoms with van der Waals surface area (Å²) in [5.74, 6) is -5.71. The maximum absolute atomic E-state index is 13.6. The second-order valence-electron chi connectivity index (χ2n) is 9.71. The van der Waals surface area contributed by atoms with Gasteiger partial charge in [-0.05, 0) is 31.2 Å². The number of aliphatic carboxylic acids is 1. The van der Waals surface area contributed by atoms with Crippen LogP contribution >= 0.6 is 0 Å². The van der Waals surface area contributed by atoms with E-state index in [1.165, 1.54) is 4.90 Å². The first-order chi connectivity index (χ1) is 19.9. The number of amidine groups is 1. The van der Waals surface area contributed by atoms with Crippen LogP contribution in [0.15, 0.2) is 29.3 Å². The van der Waals surface area contributed by atoms with Crippen molar-refractivity contribution in [1.29, 1.82) is 5.41 Å². The molecule has 0 saturated carbocycles. The number of rotatable bonds is 16. The maximum atomic E-state index is 13.6. The molecule has 4 amide bonds. The lowest BCUT2D eigenvalue weighted by molar-refractivity contribution is -0.147. The van der Waals surface area contributed by atoms with Crippen molar-refractivity contribution in [1.82, 2.24) is 15.5 Å². The van der Waals surface area contributed by atoms with Gasteiger partial charge in [0.2, 0.25) is 23.6 Å². The molecule has 1 aromatic carbocycles. The molecule has 12 N–H and O–H groups in total. The number of carboxylic acids is 1. The number of benzene rings is 1. The Hall–Kier alpha value is -4.73. The van der Waals surface area contributed by atoms with Crippen LogP contribution in [0.1, 0.15) is 36.8 Å². The Morgan fingerprint density at radius 2 is 1.57 bits per heavy atom. The lowest BCUT2D eigenvalue weighted by atomic mass is 9.95. The van der Waals surface area contributed by atoms with Gasteiger partial charge >= 0.3 is 5.97 Å². The number of primary amides is 1. The van der Waals surface area contributed by atoms with E-state index in [1.54, 1.807) is 24.3 Å². The quantitative estimate of drug-likeness (QED) is 0.0429. The molecule has 1 heterocycles. The number of amides is 4. The molecular weight excluding hydrogens is 550 g/mol. The molecule has 1 aliphatic rings. The van der Waals surface area contributed by atoms with Crippen LogP contribution in [0.25, 0.3) is 0 Å². The maximum Gasteiger partial charge on any atom is 0.303 e. The van der Waals surface area contributed by atoms with Gasteiger partial charge in [-0.1, -0.05) is 24.3 Å². The molecule has 1 saturated heterocycles. The van der Waals surface area contributed by atoms with Gasteiger partial charge in [0.05, 0.1) is 13.2 Å². The standard InChI is InChI=1S/C26H39N9O7/c27-21(28)16-5-3-15(4-6-16)14-17(25(41)35-10-12-42-13-11-35)23(39)34-19(7-8-20(36)37)24(40)33-18(22(29)38)2-1-9-32-26(30)31/h3-6,17-19H,1-2,7-14H2,(H3,27,28)(H2,29,38)(H,33,40)(H,34,39)(H,36,37)(H4,30,31,32)/t17?,18-,19-/m0/s1. The molecule has 1 fully saturated rings. The molecule has 0 radical (unpaired) electrons. The van der Waals surface area contributed by atoms with Gasteiger partial charge in [0.1, 0.15) is 23.8 Å². The molecule has 0 aromatic heterocycles. The zero-order valence-electron chi connectivity index (χ0n) is 23.2. The van der Waals surface area contributed by atoms with Gasteiger partial charge in [0.25, 0.3) is 0 Å². The molecule has 230 valence electrons. The highest BCUT2D eigenvalue weighted by Gasteiger charge is 2.35. The lowest BCUT2D eigenvalue weighted by Crippen LogP contribution is -2.55. The van der Waals surface area contributed by atoms with Gasteiger partial charge in [-0.3, -0.25) is 34.4 Å². The molecule has 1 aliphatic heterocycles. The lowest BCUT2D eigenvalue weighted by Gasteiger charge is -2.31. The molecule has 42 heavy (non-hydrogen) atoms. The van der Waals surface area contributed by atoms with E-state index in [0.29, 0.717) is 30.8 Å². The van der Waals surface area contributed by atoms with Crippen LogP contribution in [0, 0.1) is 11.3 Å². The molecule has 2 rings (SSSR count). The number of morpholine rings is 1. The molecule has 0 spiro atoms. The molecule has 0 aliphatic carbocycles. The fraction of sp³-hybridized carbons (Fsp3) is 0.500. The van der Waals surface area contributed by atoms with Crippen LogP contribution in [0.4, 0.5) is 0 Å². The highest BCUT2D eigenvalue weighted by atomic mass is 16.5. The molecule has 16 heteroatoms. The van der Waals surface area contributed by atoms with Crippen LogP contribution in [-0.2, 0) is 35.1 Å². The SMILES string of the molecule is N=C(N)c1ccc(CC(C(=O)N[C@@H](CCC(=O)O)C(=O)N[C@@H](CCCN=C(N)N)C(N)=O)C(=O)N2CCOCC2)cc1. The number of hydrogen-bond donors (Lipinski definition) is 8. The predicted molar refractivity (Wildman–Crippen MR) is 152 cm³/mol. The minimum Gasteiger partial charge on any atom is -0.481 e. The van der Waals surface area contributed by atoms with E-state index in [-0.39, 0.29) is 50.7 Å². The van der Waals surface area contributed by atoms with E-state index >= 15 is 0 Å². The van der Waals surface area contributed by atoms with Crippen molar-refractivity contribution in [2.24, 2.45) is 33.8 Å². The number of carboxylic acid groups (broad SMARTS) is 1. The predicted octanol–water partition coefficient (Wildman–Crippen LogP) is -2.64. The second-order valence-corrected chi connectivity index (χ2v) is 9.71. The zero-order chi connectivity index (χ0) is 31.2. The smallest absolute Gasteiger partial charge is 0.303 e. The third kappa shape index (κ3) is 11.0. The Morgan fingerprint density at radius 1 is 0.952 bits per heavy atom. The fourth-order valence-corrected chi connectivity index (χ4v) is 4.22. The number of aliphatic imine (C=N–C) groups is 1. The number of guanidine groups is 1. The third-order valence-electron chi connectivity index (χ3n) is 6.53. The molecule has 3 atom stereocenters. The molecule has 1 unspecified atom stereocenters. The van der Waals surface area contributed by atoms with Crippen molar-refractivity contribution >= 4 is 41.4 Å². The summed E-state index contributed by atoms with van der Waals surface area (Å²) in [6.45, 7) is 1.33. The molecule has 16 nitrogen and oxygen atoms in total. The summed E-state index contributed by atoms with van der Waals surface area (Å²) in [5, 5.41) is 21.7. The van der Waals surface area contributed by atoms with E-state index in [4.69, 9.17) is 33.1 Å². The van der Waals surface area contributed by atoms with Crippen molar-refractivity contribution in [2.45, 2.75) is 44.2 Å². The molecule has 0 bridgehead atoms. The summed E-state index contributed by atoms with van der Waals surface area (Å²) < 4.78 is 5.31. The van der Waals surface area contributed by atoms with Crippen molar-refractivity contribution < 1.29 is 33.8 Å². The minimum absolute atomic E-state index is 0.0395. The van der Waals surface area contributed by atoms with Crippen molar-refractivity contribution in [3.8, 4) is 0 Å². The van der Waals surface area contributed by atoms with Crippen LogP contribution < -0.4 is 33.6 Å². The van der Waals surface area contributed by atoms with Crippen LogP contribution in [0.2, 0.25) is 0 Å². The first kappa shape index (κ1) is 33.5. The summed E-state index contributed by atoms with van der Waals surface area (Å²) in [4.78, 5) is 68.8. The highest BCUT2D eigenvalue weighted by molar-refractivity contribution is 6.02. The summed E-state index contributed by atoms with van der Waals surface area (Å²) >= 11 is 0. The summed E-state index contributed by atoms with van der Waals surface area (Å²) in [5.41, 5.74) is 22.6. The Labute approximate surface area is 242 Å². The van der Waals surface area contributed by atoms with Gasteiger partial charge in [-0.25, -0.2) is 0 Å².